The second-order valence-electron chi connectivity index (χ2n) is 8.29. The van der Waals surface area contributed by atoms with Gasteiger partial charge >= 0.3 is 0 Å². The van der Waals surface area contributed by atoms with Gasteiger partial charge in [-0.1, -0.05) is 45.4 Å². The summed E-state index contributed by atoms with van der Waals surface area (Å²) in [4.78, 5) is 17.0. The first-order valence-corrected chi connectivity index (χ1v) is 10.6. The van der Waals surface area contributed by atoms with E-state index in [4.69, 9.17) is 9.47 Å². The van der Waals surface area contributed by atoms with Gasteiger partial charge in [-0.15, -0.1) is 0 Å². The Balaban J connectivity index is 2.40. The largest absolute Gasteiger partial charge is 0.348 e. The van der Waals surface area contributed by atoms with Gasteiger partial charge in [0.1, 0.15) is 0 Å². The summed E-state index contributed by atoms with van der Waals surface area (Å²) in [5, 5.41) is 0. The fourth-order valence-corrected chi connectivity index (χ4v) is 3.31. The number of ether oxygens (including phenoxy) is 2. The summed E-state index contributed by atoms with van der Waals surface area (Å²) in [6, 6.07) is 0.0437. The Morgan fingerprint density at radius 1 is 0.923 bits per heavy atom. The van der Waals surface area contributed by atoms with Crippen LogP contribution < -0.4 is 0 Å². The van der Waals surface area contributed by atoms with Crippen LogP contribution in [0.5, 0.6) is 0 Å². The van der Waals surface area contributed by atoms with Crippen molar-refractivity contribution in [3.63, 3.8) is 0 Å². The molecule has 1 aliphatic heterocycles. The fourth-order valence-electron chi connectivity index (χ4n) is 3.31. The molecule has 1 saturated heterocycles. The first-order chi connectivity index (χ1) is 12.4. The van der Waals surface area contributed by atoms with Gasteiger partial charge in [-0.25, -0.2) is 0 Å². The van der Waals surface area contributed by atoms with Crippen molar-refractivity contribution in [3.05, 3.63) is 0 Å². The Hall–Kier alpha value is -0.650. The van der Waals surface area contributed by atoms with E-state index in [9.17, 15) is 4.79 Å². The van der Waals surface area contributed by atoms with E-state index >= 15 is 0 Å². The average molecular weight is 371 g/mol. The molecule has 0 atom stereocenters. The third-order valence-electron chi connectivity index (χ3n) is 5.01. The lowest BCUT2D eigenvalue weighted by Gasteiger charge is -2.40. The van der Waals surface area contributed by atoms with Crippen LogP contribution in [0.15, 0.2) is 0 Å². The maximum absolute atomic E-state index is 12.8. The minimum Gasteiger partial charge on any atom is -0.348 e. The second kappa shape index (κ2) is 12.7. The predicted molar refractivity (Wildman–Crippen MR) is 107 cm³/mol. The van der Waals surface area contributed by atoms with E-state index in [1.165, 1.54) is 32.1 Å². The summed E-state index contributed by atoms with van der Waals surface area (Å²) < 4.78 is 11.6. The molecule has 1 fully saturated rings. The van der Waals surface area contributed by atoms with Crippen LogP contribution in [0.25, 0.3) is 0 Å². The Morgan fingerprint density at radius 3 is 2.08 bits per heavy atom. The molecule has 5 heteroatoms. The Morgan fingerprint density at radius 2 is 1.50 bits per heavy atom. The monoisotopic (exact) mass is 370 g/mol. The molecule has 1 heterocycles. The third-order valence-corrected chi connectivity index (χ3v) is 5.01. The number of carbonyl (C=O) groups is 1. The molecule has 0 N–H and O–H groups in total. The molecule has 154 valence electrons. The molecular weight excluding hydrogens is 328 g/mol. The van der Waals surface area contributed by atoms with Crippen LogP contribution in [0.3, 0.4) is 0 Å². The van der Waals surface area contributed by atoms with Crippen molar-refractivity contribution in [1.82, 2.24) is 9.80 Å². The van der Waals surface area contributed by atoms with E-state index in [-0.39, 0.29) is 11.9 Å². The summed E-state index contributed by atoms with van der Waals surface area (Å²) in [6.07, 6.45) is 10.3. The lowest BCUT2D eigenvalue weighted by Crippen LogP contribution is -2.52. The molecule has 0 aromatic rings. The highest BCUT2D eigenvalue weighted by Gasteiger charge is 2.33. The number of carbonyl (C=O) groups excluding carboxylic acids is 1. The van der Waals surface area contributed by atoms with Crippen LogP contribution in [-0.4, -0.2) is 67.9 Å². The van der Waals surface area contributed by atoms with E-state index in [1.807, 2.05) is 18.7 Å². The van der Waals surface area contributed by atoms with Gasteiger partial charge in [0.05, 0.1) is 19.3 Å². The van der Waals surface area contributed by atoms with Gasteiger partial charge in [0.2, 0.25) is 5.91 Å². The van der Waals surface area contributed by atoms with Crippen LogP contribution >= 0.6 is 0 Å². The molecule has 0 radical (unpaired) electrons. The Kier molecular flexibility index (Phi) is 11.4. The number of amides is 1. The van der Waals surface area contributed by atoms with Gasteiger partial charge in [0.25, 0.3) is 0 Å². The number of hydrogen-bond acceptors (Lipinski definition) is 4. The second-order valence-corrected chi connectivity index (χ2v) is 8.29. The SMILES string of the molecule is CCCCCCCCCC(=O)N(CCCN(C)C)C1COC(C)(C)OC1. The fraction of sp³-hybridized carbons (Fsp3) is 0.952. The molecule has 1 amide bonds. The zero-order valence-electron chi connectivity index (χ0n) is 17.9. The van der Waals surface area contributed by atoms with Crippen LogP contribution in [0.4, 0.5) is 0 Å². The maximum Gasteiger partial charge on any atom is 0.222 e. The number of nitrogens with zero attached hydrogens (tertiary/aromatic N) is 2. The quantitative estimate of drug-likeness (QED) is 0.459. The molecule has 1 rings (SSSR count). The summed E-state index contributed by atoms with van der Waals surface area (Å²) in [7, 11) is 4.14. The van der Waals surface area contributed by atoms with E-state index in [2.05, 4.69) is 25.9 Å². The standard InChI is InChI=1S/C21H42N2O3/c1-6-7-8-9-10-11-12-14-20(24)23(16-13-15-22(4)5)19-17-25-21(2,3)26-18-19/h19H,6-18H2,1-5H3. The van der Waals surface area contributed by atoms with E-state index in [0.29, 0.717) is 19.6 Å². The van der Waals surface area contributed by atoms with Gasteiger partial charge < -0.3 is 19.3 Å². The summed E-state index contributed by atoms with van der Waals surface area (Å²) in [6.45, 7) is 9.01. The number of hydrogen-bond donors (Lipinski definition) is 0. The number of unbranched alkanes of at least 4 members (excludes halogenated alkanes) is 6. The maximum atomic E-state index is 12.8. The minimum atomic E-state index is -0.534. The lowest BCUT2D eigenvalue weighted by molar-refractivity contribution is -0.262. The molecule has 5 nitrogen and oxygen atoms in total. The van der Waals surface area contributed by atoms with Gasteiger partial charge in [-0.3, -0.25) is 4.79 Å². The van der Waals surface area contributed by atoms with Gasteiger partial charge in [0, 0.05) is 13.0 Å². The van der Waals surface area contributed by atoms with E-state index in [0.717, 1.165) is 32.4 Å². The molecule has 0 aliphatic carbocycles. The van der Waals surface area contributed by atoms with Crippen LogP contribution in [0.2, 0.25) is 0 Å². The zero-order chi connectivity index (χ0) is 19.4. The van der Waals surface area contributed by atoms with Crippen molar-refractivity contribution >= 4 is 5.91 Å². The van der Waals surface area contributed by atoms with Gasteiger partial charge in [-0.05, 0) is 47.3 Å². The van der Waals surface area contributed by atoms with Gasteiger partial charge in [-0.2, -0.15) is 0 Å². The Bertz CT molecular complexity index is 375. The molecule has 1 aliphatic rings. The molecule has 0 saturated carbocycles. The minimum absolute atomic E-state index is 0.0437. The average Bonchev–Trinajstić information content (AvgIpc) is 2.58. The van der Waals surface area contributed by atoms with Crippen molar-refractivity contribution in [2.75, 3.05) is 40.4 Å². The molecular formula is C21H42N2O3. The summed E-state index contributed by atoms with van der Waals surface area (Å²) in [5.74, 6) is -0.276. The first kappa shape index (κ1) is 23.4. The van der Waals surface area contributed by atoms with Crippen LogP contribution in [-0.2, 0) is 14.3 Å². The topological polar surface area (TPSA) is 42.0 Å². The summed E-state index contributed by atoms with van der Waals surface area (Å²) >= 11 is 0. The third kappa shape index (κ3) is 9.89. The molecule has 0 bridgehead atoms. The van der Waals surface area contributed by atoms with Crippen molar-refractivity contribution < 1.29 is 14.3 Å². The Labute approximate surface area is 161 Å². The highest BCUT2D eigenvalue weighted by molar-refractivity contribution is 5.76. The first-order valence-electron chi connectivity index (χ1n) is 10.6. The van der Waals surface area contributed by atoms with Crippen molar-refractivity contribution in [3.8, 4) is 0 Å². The van der Waals surface area contributed by atoms with Crippen molar-refractivity contribution in [2.45, 2.75) is 90.4 Å². The molecule has 26 heavy (non-hydrogen) atoms. The van der Waals surface area contributed by atoms with Crippen LogP contribution in [0, 0.1) is 0 Å². The lowest BCUT2D eigenvalue weighted by atomic mass is 10.1. The highest BCUT2D eigenvalue weighted by atomic mass is 16.7. The number of rotatable bonds is 13. The van der Waals surface area contributed by atoms with Crippen LogP contribution in [0.1, 0.15) is 78.6 Å². The van der Waals surface area contributed by atoms with E-state index < -0.39 is 5.79 Å². The normalized spacial score (nSPS) is 17.6. The zero-order valence-corrected chi connectivity index (χ0v) is 17.9. The van der Waals surface area contributed by atoms with Crippen molar-refractivity contribution in [2.24, 2.45) is 0 Å². The smallest absolute Gasteiger partial charge is 0.222 e. The van der Waals surface area contributed by atoms with E-state index in [1.54, 1.807) is 0 Å². The van der Waals surface area contributed by atoms with Gasteiger partial charge in [0.15, 0.2) is 5.79 Å². The summed E-state index contributed by atoms with van der Waals surface area (Å²) in [5.41, 5.74) is 0. The molecule has 0 aromatic carbocycles. The predicted octanol–water partition coefficient (Wildman–Crippen LogP) is 4.06. The highest BCUT2D eigenvalue weighted by Crippen LogP contribution is 2.21. The molecule has 0 aromatic heterocycles. The molecule has 0 spiro atoms. The van der Waals surface area contributed by atoms with Crippen molar-refractivity contribution in [1.29, 1.82) is 0 Å². The molecule has 0 unspecified atom stereocenters.